The highest BCUT2D eigenvalue weighted by Crippen LogP contribution is 2.27. The van der Waals surface area contributed by atoms with Crippen LogP contribution in [0.25, 0.3) is 22.3 Å². The van der Waals surface area contributed by atoms with E-state index in [4.69, 9.17) is 22.9 Å². The highest BCUT2D eigenvalue weighted by molar-refractivity contribution is 6.35. The van der Waals surface area contributed by atoms with E-state index in [0.29, 0.717) is 21.9 Å². The Bertz CT molecular complexity index is 853. The molecule has 2 aromatic heterocycles. The zero-order chi connectivity index (χ0) is 14.8. The van der Waals surface area contributed by atoms with Crippen molar-refractivity contribution in [3.05, 3.63) is 41.6 Å². The molecule has 21 heavy (non-hydrogen) atoms. The molecule has 0 fully saturated rings. The summed E-state index contributed by atoms with van der Waals surface area (Å²) < 4.78 is 0. The van der Waals surface area contributed by atoms with Gasteiger partial charge >= 0.3 is 5.84 Å². The number of hydrogen-bond acceptors (Lipinski definition) is 4. The number of nitrogens with two attached hydrogens (primary N) is 2. The smallest absolute Gasteiger partial charge is 0.345 e. The Morgan fingerprint density at radius 3 is 2.90 bits per heavy atom. The summed E-state index contributed by atoms with van der Waals surface area (Å²) in [6.07, 6.45) is 2.97. The lowest BCUT2D eigenvalue weighted by Crippen LogP contribution is -2.39. The molecule has 9 heteroatoms. The molecule has 0 radical (unpaired) electrons. The van der Waals surface area contributed by atoms with Crippen LogP contribution in [0.4, 0.5) is 0 Å². The first-order chi connectivity index (χ1) is 10.2. The second-order valence-electron chi connectivity index (χ2n) is 4.15. The van der Waals surface area contributed by atoms with Gasteiger partial charge in [-0.25, -0.2) is 15.0 Å². The molecule has 0 saturated carbocycles. The van der Waals surface area contributed by atoms with Gasteiger partial charge in [0.2, 0.25) is 0 Å². The Morgan fingerprint density at radius 1 is 1.24 bits per heavy atom. The van der Waals surface area contributed by atoms with Gasteiger partial charge in [-0.15, -0.1) is 0 Å². The molecule has 8 nitrogen and oxygen atoms in total. The van der Waals surface area contributed by atoms with Crippen molar-refractivity contribution < 1.29 is 5.41 Å². The van der Waals surface area contributed by atoms with Crippen LogP contribution in [0.5, 0.6) is 0 Å². The summed E-state index contributed by atoms with van der Waals surface area (Å²) in [5.74, 6) is 5.08. The maximum atomic E-state index is 6.20. The van der Waals surface area contributed by atoms with Crippen molar-refractivity contribution in [2.24, 2.45) is 16.2 Å². The summed E-state index contributed by atoms with van der Waals surface area (Å²) >= 11 is 6.20. The predicted octanol–water partition coefficient (Wildman–Crippen LogP) is 0.505. The molecular weight excluding hydrogens is 292 g/mol. The molecule has 3 rings (SSSR count). The fourth-order valence-electron chi connectivity index (χ4n) is 1.92. The van der Waals surface area contributed by atoms with E-state index in [1.807, 2.05) is 6.07 Å². The second-order valence-corrected chi connectivity index (χ2v) is 4.55. The molecule has 0 bridgehead atoms. The maximum absolute atomic E-state index is 6.20. The van der Waals surface area contributed by atoms with E-state index in [9.17, 15) is 0 Å². The Morgan fingerprint density at radius 2 is 2.10 bits per heavy atom. The molecule has 0 aliphatic rings. The lowest BCUT2D eigenvalue weighted by atomic mass is 10.1. The first kappa shape index (κ1) is 13.1. The van der Waals surface area contributed by atoms with Crippen molar-refractivity contribution in [2.75, 3.05) is 0 Å². The first-order valence-corrected chi connectivity index (χ1v) is 6.25. The molecule has 0 atom stereocenters. The summed E-state index contributed by atoms with van der Waals surface area (Å²) in [4.78, 5) is 15.4. The minimum absolute atomic E-state index is 0.106. The fraction of sp³-hybridized carbons (Fsp3) is 0. The van der Waals surface area contributed by atoms with Crippen LogP contribution in [0.2, 0.25) is 5.02 Å². The van der Waals surface area contributed by atoms with E-state index in [1.54, 1.807) is 18.5 Å². The van der Waals surface area contributed by atoms with Crippen molar-refractivity contribution in [3.8, 4) is 11.3 Å². The van der Waals surface area contributed by atoms with Gasteiger partial charge in [0.25, 0.3) is 0 Å². The van der Waals surface area contributed by atoms with E-state index in [1.165, 1.54) is 6.33 Å². The number of nitrogens with zero attached hydrogens (tertiary/aromatic N) is 5. The Labute approximate surface area is 123 Å². The third kappa shape index (κ3) is 2.43. The number of fused-ring (bicyclic) bond motifs is 1. The minimum atomic E-state index is 0.106. The summed E-state index contributed by atoms with van der Waals surface area (Å²) in [7, 11) is 0. The van der Waals surface area contributed by atoms with E-state index in [0.717, 1.165) is 11.1 Å². The molecule has 0 aliphatic heterocycles. The number of aromatic amines is 1. The van der Waals surface area contributed by atoms with Crippen LogP contribution in [0.3, 0.4) is 0 Å². The molecule has 5 N–H and O–H groups in total. The minimum Gasteiger partial charge on any atom is -0.345 e. The molecule has 1 aromatic carbocycles. The number of amidine groups is 1. The van der Waals surface area contributed by atoms with Gasteiger partial charge in [0.15, 0.2) is 5.69 Å². The summed E-state index contributed by atoms with van der Waals surface area (Å²) in [5.41, 5.74) is 3.40. The van der Waals surface area contributed by atoms with Crippen LogP contribution < -0.4 is 11.3 Å². The Kier molecular flexibility index (Phi) is 3.28. The average Bonchev–Trinajstić information content (AvgIpc) is 2.96. The van der Waals surface area contributed by atoms with Gasteiger partial charge in [0.1, 0.15) is 11.8 Å². The van der Waals surface area contributed by atoms with Crippen LogP contribution in [0, 0.1) is 0 Å². The number of benzene rings is 1. The normalized spacial score (nSPS) is 11.3. The van der Waals surface area contributed by atoms with Crippen LogP contribution >= 0.6 is 11.6 Å². The van der Waals surface area contributed by atoms with Crippen LogP contribution in [0.15, 0.2) is 41.2 Å². The Balaban J connectivity index is 2.10. The van der Waals surface area contributed by atoms with Crippen molar-refractivity contribution in [2.45, 2.75) is 0 Å². The summed E-state index contributed by atoms with van der Waals surface area (Å²) in [6, 6.07) is 5.34. The van der Waals surface area contributed by atoms with Gasteiger partial charge in [-0.1, -0.05) is 11.6 Å². The number of H-pyrrole nitrogens is 1. The third-order valence-electron chi connectivity index (χ3n) is 2.87. The third-order valence-corrected chi connectivity index (χ3v) is 3.16. The molecule has 104 valence electrons. The number of hydrogen-bond donors (Lipinski definition) is 3. The molecule has 0 unspecified atom stereocenters. The summed E-state index contributed by atoms with van der Waals surface area (Å²) in [5, 5.41) is 12.9. The number of imidazole rings is 1. The largest absolute Gasteiger partial charge is 0.369 e. The Hall–Kier alpha value is -2.87. The lowest BCUT2D eigenvalue weighted by Gasteiger charge is -2.02. The van der Waals surface area contributed by atoms with Gasteiger partial charge in [0, 0.05) is 10.8 Å². The van der Waals surface area contributed by atoms with E-state index >= 15 is 0 Å². The predicted molar refractivity (Wildman–Crippen MR) is 77.2 cm³/mol. The number of rotatable bonds is 2. The first-order valence-electron chi connectivity index (χ1n) is 5.88. The van der Waals surface area contributed by atoms with Gasteiger partial charge in [-0.3, -0.25) is 11.3 Å². The van der Waals surface area contributed by atoms with E-state index in [-0.39, 0.29) is 5.84 Å². The zero-order valence-corrected chi connectivity index (χ0v) is 11.4. The van der Waals surface area contributed by atoms with Gasteiger partial charge in [-0.05, 0) is 18.2 Å². The molecule has 0 saturated heterocycles. The molecule has 0 spiro atoms. The summed E-state index contributed by atoms with van der Waals surface area (Å²) in [6.45, 7) is 0. The number of aromatic nitrogens is 4. The van der Waals surface area contributed by atoms with E-state index in [2.05, 4.69) is 30.3 Å². The molecule has 0 amide bonds. The highest BCUT2D eigenvalue weighted by atomic mass is 35.5. The molecule has 3 aromatic rings. The van der Waals surface area contributed by atoms with Gasteiger partial charge in [0.05, 0.1) is 27.7 Å². The van der Waals surface area contributed by atoms with Gasteiger partial charge in [-0.2, -0.15) is 0 Å². The highest BCUT2D eigenvalue weighted by Gasteiger charge is 2.14. The monoisotopic (exact) mass is 301 g/mol. The van der Waals surface area contributed by atoms with Crippen molar-refractivity contribution >= 4 is 28.5 Å². The van der Waals surface area contributed by atoms with Crippen molar-refractivity contribution in [3.63, 3.8) is 0 Å². The lowest BCUT2D eigenvalue weighted by molar-refractivity contribution is -0.114. The standard InChI is InChI=1S/C12H9ClN8/c13-7-1-6(2-9-11(7)19-5-17-9)8-3-10(18-4-16-8)12(14)20-21-15/h1-5H,(H,17,19)(H3,14,15,20)/p+1. The molecule has 2 heterocycles. The van der Waals surface area contributed by atoms with Crippen LogP contribution in [-0.2, 0) is 0 Å². The second kappa shape index (κ2) is 5.25. The van der Waals surface area contributed by atoms with Gasteiger partial charge < -0.3 is 4.98 Å². The number of halogens is 1. The van der Waals surface area contributed by atoms with E-state index < -0.39 is 0 Å². The number of nitrogens with one attached hydrogen (secondary N) is 1. The topological polar surface area (TPSA) is 131 Å². The SMILES string of the molecule is NN=NC(=[NH2+])c1cc(-c2cc(Cl)c3nc[nH]c3c2)ncn1. The average molecular weight is 302 g/mol. The fourth-order valence-corrected chi connectivity index (χ4v) is 2.19. The molecular formula is C12H10ClN8+. The quantitative estimate of drug-likeness (QED) is 0.209. The van der Waals surface area contributed by atoms with Crippen LogP contribution in [0.1, 0.15) is 5.69 Å². The van der Waals surface area contributed by atoms with Crippen molar-refractivity contribution in [1.82, 2.24) is 19.9 Å². The maximum Gasteiger partial charge on any atom is 0.369 e. The van der Waals surface area contributed by atoms with Crippen LogP contribution in [-0.4, -0.2) is 25.8 Å². The molecule has 0 aliphatic carbocycles. The zero-order valence-electron chi connectivity index (χ0n) is 10.7. The van der Waals surface area contributed by atoms with Crippen molar-refractivity contribution in [1.29, 1.82) is 0 Å².